The minimum absolute atomic E-state index is 0.0476. The van der Waals surface area contributed by atoms with Crippen LogP contribution in [-0.2, 0) is 4.84 Å². The van der Waals surface area contributed by atoms with Gasteiger partial charge < -0.3 is 14.9 Å². The van der Waals surface area contributed by atoms with Gasteiger partial charge in [-0.3, -0.25) is 0 Å². The Labute approximate surface area is 111 Å². The maximum atomic E-state index is 8.64. The number of oxime groups is 1. The first kappa shape index (κ1) is 13.3. The highest BCUT2D eigenvalue weighted by atomic mass is 16.6. The molecule has 19 heavy (non-hydrogen) atoms. The van der Waals surface area contributed by atoms with Crippen molar-refractivity contribution in [3.63, 3.8) is 0 Å². The summed E-state index contributed by atoms with van der Waals surface area (Å²) in [4.78, 5) is 12.7. The molecule has 0 spiro atoms. The molecule has 0 radical (unpaired) electrons. The summed E-state index contributed by atoms with van der Waals surface area (Å²) in [5.41, 5.74) is 3.45. The third kappa shape index (κ3) is 3.20. The topological polar surface area (TPSA) is 70.5 Å². The summed E-state index contributed by atoms with van der Waals surface area (Å²) in [5.74, 6) is 0.810. The van der Waals surface area contributed by atoms with Gasteiger partial charge in [0.25, 0.3) is 0 Å². The van der Waals surface area contributed by atoms with Crippen LogP contribution in [0.2, 0.25) is 0 Å². The van der Waals surface area contributed by atoms with E-state index in [1.807, 2.05) is 44.2 Å². The number of nitrogens with one attached hydrogen (secondary N) is 1. The van der Waals surface area contributed by atoms with Gasteiger partial charge in [-0.1, -0.05) is 35.5 Å². The highest BCUT2D eigenvalue weighted by Crippen LogP contribution is 2.18. The lowest BCUT2D eigenvalue weighted by atomic mass is 10.2. The lowest BCUT2D eigenvalue weighted by Gasteiger charge is -1.99. The van der Waals surface area contributed by atoms with Crippen LogP contribution >= 0.6 is 0 Å². The van der Waals surface area contributed by atoms with Crippen molar-refractivity contribution >= 4 is 5.71 Å². The van der Waals surface area contributed by atoms with Crippen molar-refractivity contribution in [2.75, 3.05) is 13.2 Å². The van der Waals surface area contributed by atoms with E-state index in [1.165, 1.54) is 0 Å². The summed E-state index contributed by atoms with van der Waals surface area (Å²) in [5, 5.41) is 12.6. The first-order valence-electron chi connectivity index (χ1n) is 6.12. The number of aliphatic hydroxyl groups is 1. The average molecular weight is 259 g/mol. The Hall–Kier alpha value is -2.14. The second kappa shape index (κ2) is 6.15. The van der Waals surface area contributed by atoms with Crippen LogP contribution in [0.15, 0.2) is 35.5 Å². The van der Waals surface area contributed by atoms with Crippen LogP contribution in [0.1, 0.15) is 18.3 Å². The maximum absolute atomic E-state index is 8.64. The molecule has 0 aliphatic rings. The predicted molar refractivity (Wildman–Crippen MR) is 74.0 cm³/mol. The number of H-pyrrole nitrogens is 1. The van der Waals surface area contributed by atoms with Crippen molar-refractivity contribution in [3.8, 4) is 11.4 Å². The molecule has 5 heteroatoms. The molecule has 0 aliphatic heterocycles. The van der Waals surface area contributed by atoms with Gasteiger partial charge in [0.2, 0.25) is 0 Å². The molecular weight excluding hydrogens is 242 g/mol. The number of rotatable bonds is 5. The van der Waals surface area contributed by atoms with Gasteiger partial charge in [0.15, 0.2) is 0 Å². The van der Waals surface area contributed by atoms with Gasteiger partial charge in [0.05, 0.1) is 18.0 Å². The van der Waals surface area contributed by atoms with Gasteiger partial charge in [-0.15, -0.1) is 0 Å². The molecule has 5 nitrogen and oxygen atoms in total. The zero-order valence-electron chi connectivity index (χ0n) is 11.1. The van der Waals surface area contributed by atoms with Crippen molar-refractivity contribution in [3.05, 3.63) is 41.7 Å². The van der Waals surface area contributed by atoms with Crippen LogP contribution in [-0.4, -0.2) is 34.0 Å². The molecule has 0 saturated heterocycles. The summed E-state index contributed by atoms with van der Waals surface area (Å²) in [6.07, 6.45) is 0. The van der Waals surface area contributed by atoms with Crippen molar-refractivity contribution in [1.29, 1.82) is 0 Å². The Morgan fingerprint density at radius 3 is 2.79 bits per heavy atom. The number of aryl methyl sites for hydroxylation is 1. The normalized spacial score (nSPS) is 11.6. The minimum atomic E-state index is -0.0476. The molecule has 0 amide bonds. The van der Waals surface area contributed by atoms with Crippen molar-refractivity contribution in [1.82, 2.24) is 9.97 Å². The maximum Gasteiger partial charge on any atom is 0.140 e. The largest absolute Gasteiger partial charge is 0.393 e. The summed E-state index contributed by atoms with van der Waals surface area (Å²) >= 11 is 0. The molecular formula is C14H17N3O2. The number of aromatic nitrogens is 2. The molecule has 0 saturated carbocycles. The molecule has 0 fully saturated rings. The Morgan fingerprint density at radius 2 is 2.11 bits per heavy atom. The molecule has 1 heterocycles. The number of imidazole rings is 1. The first-order chi connectivity index (χ1) is 9.22. The molecule has 1 aromatic carbocycles. The quantitative estimate of drug-likeness (QED) is 0.491. The standard InChI is InChI=1S/C14H17N3O2/c1-10-13(11(2)17-19-9-8-18)16-14(15-10)12-6-4-3-5-7-12/h3-7,18H,8-9H2,1-2H3,(H,15,16). The van der Waals surface area contributed by atoms with Crippen LogP contribution in [0.3, 0.4) is 0 Å². The van der Waals surface area contributed by atoms with Gasteiger partial charge in [-0.25, -0.2) is 4.98 Å². The van der Waals surface area contributed by atoms with Gasteiger partial charge in [0.1, 0.15) is 18.1 Å². The molecule has 2 aromatic rings. The molecule has 2 N–H and O–H groups in total. The highest BCUT2D eigenvalue weighted by molar-refractivity contribution is 5.98. The number of aromatic amines is 1. The lowest BCUT2D eigenvalue weighted by Crippen LogP contribution is -2.01. The molecule has 0 atom stereocenters. The fraction of sp³-hybridized carbons (Fsp3) is 0.286. The first-order valence-corrected chi connectivity index (χ1v) is 6.12. The third-order valence-electron chi connectivity index (χ3n) is 2.68. The Bertz CT molecular complexity index is 561. The van der Waals surface area contributed by atoms with E-state index < -0.39 is 0 Å². The highest BCUT2D eigenvalue weighted by Gasteiger charge is 2.10. The van der Waals surface area contributed by atoms with Crippen molar-refractivity contribution in [2.45, 2.75) is 13.8 Å². The number of hydrogen-bond donors (Lipinski definition) is 2. The fourth-order valence-electron chi connectivity index (χ4n) is 1.77. The molecule has 2 rings (SSSR count). The molecule has 0 bridgehead atoms. The monoisotopic (exact) mass is 259 g/mol. The molecule has 1 aromatic heterocycles. The fourth-order valence-corrected chi connectivity index (χ4v) is 1.77. The average Bonchev–Trinajstić information content (AvgIpc) is 2.82. The minimum Gasteiger partial charge on any atom is -0.393 e. The Kier molecular flexibility index (Phi) is 4.30. The van der Waals surface area contributed by atoms with E-state index in [0.29, 0.717) is 5.71 Å². The van der Waals surface area contributed by atoms with Crippen LogP contribution in [0.5, 0.6) is 0 Å². The Morgan fingerprint density at radius 1 is 1.37 bits per heavy atom. The lowest BCUT2D eigenvalue weighted by molar-refractivity contribution is 0.0986. The predicted octanol–water partition coefficient (Wildman–Crippen LogP) is 2.12. The second-order valence-corrected chi connectivity index (χ2v) is 4.15. The SMILES string of the molecule is CC(=NOCCO)c1[nH]c(-c2ccccc2)nc1C. The van der Waals surface area contributed by atoms with Gasteiger partial charge in [-0.2, -0.15) is 0 Å². The van der Waals surface area contributed by atoms with Crippen LogP contribution in [0, 0.1) is 6.92 Å². The zero-order chi connectivity index (χ0) is 13.7. The summed E-state index contributed by atoms with van der Waals surface area (Å²) in [6, 6.07) is 9.90. The van der Waals surface area contributed by atoms with E-state index in [-0.39, 0.29) is 13.2 Å². The van der Waals surface area contributed by atoms with Gasteiger partial charge >= 0.3 is 0 Å². The zero-order valence-corrected chi connectivity index (χ0v) is 11.1. The van der Waals surface area contributed by atoms with Gasteiger partial charge in [-0.05, 0) is 13.8 Å². The van der Waals surface area contributed by atoms with E-state index in [0.717, 1.165) is 22.8 Å². The van der Waals surface area contributed by atoms with Crippen LogP contribution < -0.4 is 0 Å². The van der Waals surface area contributed by atoms with Gasteiger partial charge in [0, 0.05) is 5.56 Å². The molecule has 0 unspecified atom stereocenters. The van der Waals surface area contributed by atoms with Crippen LogP contribution in [0.4, 0.5) is 0 Å². The third-order valence-corrected chi connectivity index (χ3v) is 2.68. The van der Waals surface area contributed by atoms with Crippen molar-refractivity contribution < 1.29 is 9.94 Å². The number of hydrogen-bond acceptors (Lipinski definition) is 4. The molecule has 0 aliphatic carbocycles. The van der Waals surface area contributed by atoms with E-state index in [4.69, 9.17) is 9.94 Å². The Balaban J connectivity index is 2.24. The number of aliphatic hydroxyl groups excluding tert-OH is 1. The number of benzene rings is 1. The number of nitrogens with zero attached hydrogens (tertiary/aromatic N) is 2. The van der Waals surface area contributed by atoms with Crippen LogP contribution in [0.25, 0.3) is 11.4 Å². The van der Waals surface area contributed by atoms with E-state index in [2.05, 4.69) is 15.1 Å². The summed E-state index contributed by atoms with van der Waals surface area (Å²) < 4.78 is 0. The molecule has 100 valence electrons. The van der Waals surface area contributed by atoms with E-state index >= 15 is 0 Å². The smallest absolute Gasteiger partial charge is 0.140 e. The van der Waals surface area contributed by atoms with E-state index in [1.54, 1.807) is 0 Å². The second-order valence-electron chi connectivity index (χ2n) is 4.15. The van der Waals surface area contributed by atoms with Crippen molar-refractivity contribution in [2.24, 2.45) is 5.16 Å². The van der Waals surface area contributed by atoms with E-state index in [9.17, 15) is 0 Å². The summed E-state index contributed by atoms with van der Waals surface area (Å²) in [7, 11) is 0. The summed E-state index contributed by atoms with van der Waals surface area (Å²) in [6.45, 7) is 3.90.